The van der Waals surface area contributed by atoms with Crippen molar-refractivity contribution in [3.05, 3.63) is 39.9 Å². The van der Waals surface area contributed by atoms with Gasteiger partial charge in [0, 0.05) is 46.5 Å². The lowest BCUT2D eigenvalue weighted by Crippen LogP contribution is -2.38. The van der Waals surface area contributed by atoms with E-state index in [4.69, 9.17) is 0 Å². The van der Waals surface area contributed by atoms with Crippen LogP contribution in [0, 0.1) is 10.1 Å². The molecule has 1 aromatic carbocycles. The summed E-state index contributed by atoms with van der Waals surface area (Å²) in [5, 5.41) is 14.4. The zero-order valence-corrected chi connectivity index (χ0v) is 12.4. The first kappa shape index (κ1) is 15.1. The zero-order valence-electron chi connectivity index (χ0n) is 11.6. The highest BCUT2D eigenvalue weighted by molar-refractivity contribution is 7.85. The third kappa shape index (κ3) is 3.86. The van der Waals surface area contributed by atoms with Crippen LogP contribution in [-0.2, 0) is 10.8 Å². The largest absolute Gasteiger partial charge is 0.307 e. The summed E-state index contributed by atoms with van der Waals surface area (Å²) in [7, 11) is -0.661. The van der Waals surface area contributed by atoms with Gasteiger partial charge in [0.05, 0.1) is 4.92 Å². The number of nitro groups is 1. The van der Waals surface area contributed by atoms with E-state index in [1.807, 2.05) is 6.07 Å². The van der Waals surface area contributed by atoms with Crippen LogP contribution in [0.15, 0.2) is 24.3 Å². The summed E-state index contributed by atoms with van der Waals surface area (Å²) < 4.78 is 11.4. The molecule has 5 nitrogen and oxygen atoms in total. The molecule has 0 bridgehead atoms. The quantitative estimate of drug-likeness (QED) is 0.669. The monoisotopic (exact) mass is 296 g/mol. The Morgan fingerprint density at radius 2 is 2.15 bits per heavy atom. The molecule has 1 aromatic rings. The van der Waals surface area contributed by atoms with Crippen molar-refractivity contribution in [3.63, 3.8) is 0 Å². The fraction of sp³-hybridized carbons (Fsp3) is 0.571. The minimum atomic E-state index is -0.661. The Hall–Kier alpha value is -1.27. The van der Waals surface area contributed by atoms with Crippen LogP contribution in [0.25, 0.3) is 0 Å². The molecular weight excluding hydrogens is 276 g/mol. The standard InChI is InChI=1S/C14H20N2O3S/c1-2-14(15-12-6-8-20(19)9-7-12)11-4-3-5-13(10-11)16(17)18/h3-5,10,12,14-15H,2,6-9H2,1H3. The number of non-ortho nitro benzene ring substituents is 1. The molecule has 1 fully saturated rings. The lowest BCUT2D eigenvalue weighted by molar-refractivity contribution is -0.384. The van der Waals surface area contributed by atoms with Gasteiger partial charge in [0.15, 0.2) is 0 Å². The molecule has 1 aliphatic heterocycles. The van der Waals surface area contributed by atoms with E-state index in [0.29, 0.717) is 6.04 Å². The summed E-state index contributed by atoms with van der Waals surface area (Å²) in [6.45, 7) is 2.07. The van der Waals surface area contributed by atoms with E-state index in [2.05, 4.69) is 12.2 Å². The third-order valence-corrected chi connectivity index (χ3v) is 5.10. The summed E-state index contributed by atoms with van der Waals surface area (Å²) in [5.41, 5.74) is 1.08. The van der Waals surface area contributed by atoms with E-state index in [1.165, 1.54) is 6.07 Å². The predicted molar refractivity (Wildman–Crippen MR) is 80.2 cm³/mol. The highest BCUT2D eigenvalue weighted by Crippen LogP contribution is 2.23. The fourth-order valence-electron chi connectivity index (χ4n) is 2.55. The van der Waals surface area contributed by atoms with Crippen molar-refractivity contribution in [2.75, 3.05) is 11.5 Å². The first-order chi connectivity index (χ1) is 9.60. The number of nitro benzene ring substituents is 1. The highest BCUT2D eigenvalue weighted by atomic mass is 32.2. The maximum atomic E-state index is 11.4. The van der Waals surface area contributed by atoms with Crippen LogP contribution < -0.4 is 5.32 Å². The fourth-order valence-corrected chi connectivity index (χ4v) is 3.85. The van der Waals surface area contributed by atoms with E-state index < -0.39 is 10.8 Å². The molecule has 0 radical (unpaired) electrons. The maximum Gasteiger partial charge on any atom is 0.269 e. The van der Waals surface area contributed by atoms with Gasteiger partial charge >= 0.3 is 0 Å². The van der Waals surface area contributed by atoms with Gasteiger partial charge in [-0.15, -0.1) is 0 Å². The molecule has 1 unspecified atom stereocenters. The van der Waals surface area contributed by atoms with Crippen LogP contribution in [0.4, 0.5) is 5.69 Å². The minimum absolute atomic E-state index is 0.117. The van der Waals surface area contributed by atoms with Crippen LogP contribution >= 0.6 is 0 Å². The van der Waals surface area contributed by atoms with Crippen LogP contribution in [0.2, 0.25) is 0 Å². The van der Waals surface area contributed by atoms with Gasteiger partial charge in [0.1, 0.15) is 0 Å². The van der Waals surface area contributed by atoms with E-state index in [0.717, 1.165) is 36.3 Å². The van der Waals surface area contributed by atoms with Crippen LogP contribution in [0.1, 0.15) is 37.8 Å². The Kier molecular flexibility index (Phi) is 5.25. The van der Waals surface area contributed by atoms with E-state index in [1.54, 1.807) is 12.1 Å². The second-order valence-corrected chi connectivity index (χ2v) is 6.80. The molecule has 6 heteroatoms. The second-order valence-electron chi connectivity index (χ2n) is 5.10. The second kappa shape index (κ2) is 6.95. The van der Waals surface area contributed by atoms with Crippen molar-refractivity contribution in [1.82, 2.24) is 5.32 Å². The van der Waals surface area contributed by atoms with Gasteiger partial charge in [0.2, 0.25) is 0 Å². The van der Waals surface area contributed by atoms with Gasteiger partial charge in [-0.2, -0.15) is 0 Å². The lowest BCUT2D eigenvalue weighted by atomic mass is 10.0. The molecule has 0 aromatic heterocycles. The molecule has 2 rings (SSSR count). The van der Waals surface area contributed by atoms with Gasteiger partial charge in [-0.25, -0.2) is 0 Å². The van der Waals surface area contributed by atoms with Crippen LogP contribution in [0.5, 0.6) is 0 Å². The van der Waals surface area contributed by atoms with Gasteiger partial charge in [-0.1, -0.05) is 19.1 Å². The number of nitrogens with zero attached hydrogens (tertiary/aromatic N) is 1. The topological polar surface area (TPSA) is 72.2 Å². The van der Waals surface area contributed by atoms with Crippen LogP contribution in [-0.4, -0.2) is 26.7 Å². The third-order valence-electron chi connectivity index (χ3n) is 3.72. The Bertz CT molecular complexity index is 497. The molecule has 110 valence electrons. The van der Waals surface area contributed by atoms with Gasteiger partial charge < -0.3 is 5.32 Å². The Morgan fingerprint density at radius 1 is 1.45 bits per heavy atom. The average molecular weight is 296 g/mol. The highest BCUT2D eigenvalue weighted by Gasteiger charge is 2.21. The smallest absolute Gasteiger partial charge is 0.269 e. The number of benzene rings is 1. The molecule has 0 aliphatic carbocycles. The number of hydrogen-bond donors (Lipinski definition) is 1. The summed E-state index contributed by atoms with van der Waals surface area (Å²) >= 11 is 0. The molecule has 1 saturated heterocycles. The molecule has 0 saturated carbocycles. The van der Waals surface area contributed by atoms with Crippen molar-refractivity contribution in [2.45, 2.75) is 38.3 Å². The summed E-state index contributed by atoms with van der Waals surface area (Å²) in [6, 6.07) is 7.29. The molecule has 1 aliphatic rings. The summed E-state index contributed by atoms with van der Waals surface area (Å²) in [4.78, 5) is 10.5. The predicted octanol–water partition coefficient (Wildman–Crippen LogP) is 2.55. The van der Waals surface area contributed by atoms with Crippen molar-refractivity contribution < 1.29 is 9.13 Å². The Morgan fingerprint density at radius 3 is 2.75 bits per heavy atom. The first-order valence-corrected chi connectivity index (χ1v) is 8.44. The van der Waals surface area contributed by atoms with Gasteiger partial charge in [-0.05, 0) is 24.8 Å². The molecule has 1 atom stereocenters. The average Bonchev–Trinajstić information content (AvgIpc) is 2.46. The summed E-state index contributed by atoms with van der Waals surface area (Å²) in [5.74, 6) is 1.51. The SMILES string of the molecule is CCC(NC1CCS(=O)CC1)c1cccc([N+](=O)[O-])c1. The summed E-state index contributed by atoms with van der Waals surface area (Å²) in [6.07, 6.45) is 2.71. The van der Waals surface area contributed by atoms with Crippen molar-refractivity contribution in [1.29, 1.82) is 0 Å². The normalized spacial score (nSPS) is 24.2. The number of hydrogen-bond acceptors (Lipinski definition) is 4. The molecule has 1 heterocycles. The maximum absolute atomic E-state index is 11.4. The van der Waals surface area contributed by atoms with Gasteiger partial charge in [0.25, 0.3) is 5.69 Å². The number of rotatable bonds is 5. The minimum Gasteiger partial charge on any atom is -0.307 e. The van der Waals surface area contributed by atoms with Crippen molar-refractivity contribution in [2.24, 2.45) is 0 Å². The van der Waals surface area contributed by atoms with Gasteiger partial charge in [-0.3, -0.25) is 14.3 Å². The Labute approximate surface area is 121 Å². The molecule has 0 amide bonds. The molecule has 20 heavy (non-hydrogen) atoms. The lowest BCUT2D eigenvalue weighted by Gasteiger charge is -2.28. The molecule has 0 spiro atoms. The molecule has 1 N–H and O–H groups in total. The molecular formula is C14H20N2O3S. The van der Waals surface area contributed by atoms with E-state index in [9.17, 15) is 14.3 Å². The Balaban J connectivity index is 2.06. The van der Waals surface area contributed by atoms with Crippen LogP contribution in [0.3, 0.4) is 0 Å². The van der Waals surface area contributed by atoms with Crippen molar-refractivity contribution in [3.8, 4) is 0 Å². The van der Waals surface area contributed by atoms with E-state index in [-0.39, 0.29) is 16.7 Å². The first-order valence-electron chi connectivity index (χ1n) is 6.95. The number of nitrogens with one attached hydrogen (secondary N) is 1. The van der Waals surface area contributed by atoms with Crippen molar-refractivity contribution >= 4 is 16.5 Å². The zero-order chi connectivity index (χ0) is 14.5. The van der Waals surface area contributed by atoms with E-state index >= 15 is 0 Å².